The number of aryl methyl sites for hydroxylation is 2. The number of nitrogens with two attached hydrogens (primary N) is 1. The van der Waals surface area contributed by atoms with E-state index in [1.165, 1.54) is 12.3 Å². The molecule has 0 aliphatic heterocycles. The molecule has 0 radical (unpaired) electrons. The second-order valence-corrected chi connectivity index (χ2v) is 11.0. The van der Waals surface area contributed by atoms with Crippen LogP contribution in [0.4, 0.5) is 18.9 Å². The summed E-state index contributed by atoms with van der Waals surface area (Å²) < 4.78 is 51.4. The first-order valence-electron chi connectivity index (χ1n) is 12.3. The van der Waals surface area contributed by atoms with Crippen LogP contribution in [0.1, 0.15) is 55.7 Å². The summed E-state index contributed by atoms with van der Waals surface area (Å²) in [5, 5.41) is 11.5. The van der Waals surface area contributed by atoms with Crippen LogP contribution in [0.3, 0.4) is 0 Å². The number of alkyl halides is 3. The van der Waals surface area contributed by atoms with E-state index >= 15 is 0 Å². The van der Waals surface area contributed by atoms with Crippen LogP contribution in [-0.2, 0) is 19.3 Å². The van der Waals surface area contributed by atoms with Gasteiger partial charge in [-0.15, -0.1) is 11.3 Å². The van der Waals surface area contributed by atoms with Crippen molar-refractivity contribution in [3.63, 3.8) is 0 Å². The lowest BCUT2D eigenvalue weighted by Crippen LogP contribution is -2.16. The SMILES string of the molecule is CCn1ncc(-c2cc(C(F)(F)F)nc3sc(C(N)=O)c(NC(=O)c4ccc(Cn5nc(C)c(Br)c5C)o4)c23)c1C. The highest BCUT2D eigenvalue weighted by Crippen LogP contribution is 2.44. The summed E-state index contributed by atoms with van der Waals surface area (Å²) in [5.74, 6) is -1.29. The average Bonchev–Trinajstić information content (AvgIpc) is 3.67. The maximum Gasteiger partial charge on any atom is 0.433 e. The lowest BCUT2D eigenvalue weighted by molar-refractivity contribution is -0.140. The highest BCUT2D eigenvalue weighted by Gasteiger charge is 2.35. The number of carbonyl (C=O) groups excluding carboxylic acids is 2. The molecule has 41 heavy (non-hydrogen) atoms. The summed E-state index contributed by atoms with van der Waals surface area (Å²) in [5.41, 5.74) is 7.17. The minimum Gasteiger partial charge on any atom is -0.454 e. The quantitative estimate of drug-likeness (QED) is 0.220. The number of carbonyl (C=O) groups is 2. The first kappa shape index (κ1) is 28.5. The molecule has 0 atom stereocenters. The Morgan fingerprint density at radius 3 is 2.46 bits per heavy atom. The largest absolute Gasteiger partial charge is 0.454 e. The molecule has 0 saturated carbocycles. The monoisotopic (exact) mass is 649 g/mol. The first-order chi connectivity index (χ1) is 19.3. The smallest absolute Gasteiger partial charge is 0.433 e. The fourth-order valence-electron chi connectivity index (χ4n) is 4.52. The van der Waals surface area contributed by atoms with Crippen molar-refractivity contribution in [1.29, 1.82) is 0 Å². The predicted molar refractivity (Wildman–Crippen MR) is 150 cm³/mol. The van der Waals surface area contributed by atoms with Crippen molar-refractivity contribution in [2.24, 2.45) is 5.73 Å². The zero-order valence-electron chi connectivity index (χ0n) is 22.2. The third-order valence-electron chi connectivity index (χ3n) is 6.59. The average molecular weight is 650 g/mol. The van der Waals surface area contributed by atoms with Gasteiger partial charge in [0.2, 0.25) is 0 Å². The van der Waals surface area contributed by atoms with Gasteiger partial charge >= 0.3 is 6.18 Å². The molecule has 10 nitrogen and oxygen atoms in total. The number of rotatable bonds is 7. The third kappa shape index (κ3) is 5.14. The molecule has 5 aromatic rings. The van der Waals surface area contributed by atoms with Crippen molar-refractivity contribution < 1.29 is 27.2 Å². The minimum atomic E-state index is -4.76. The van der Waals surface area contributed by atoms with Crippen LogP contribution >= 0.6 is 27.3 Å². The fourth-order valence-corrected chi connectivity index (χ4v) is 5.81. The lowest BCUT2D eigenvalue weighted by Gasteiger charge is -2.12. The van der Waals surface area contributed by atoms with E-state index in [2.05, 4.69) is 36.4 Å². The number of nitrogens with zero attached hydrogens (tertiary/aromatic N) is 5. The highest BCUT2D eigenvalue weighted by atomic mass is 79.9. The van der Waals surface area contributed by atoms with E-state index in [9.17, 15) is 22.8 Å². The van der Waals surface area contributed by atoms with Crippen molar-refractivity contribution in [2.45, 2.75) is 47.0 Å². The number of amides is 2. The summed E-state index contributed by atoms with van der Waals surface area (Å²) in [7, 11) is 0. The van der Waals surface area contributed by atoms with E-state index in [0.717, 1.165) is 21.9 Å². The molecule has 5 heterocycles. The highest BCUT2D eigenvalue weighted by molar-refractivity contribution is 9.10. The molecule has 0 bridgehead atoms. The van der Waals surface area contributed by atoms with E-state index in [1.807, 2.05) is 20.8 Å². The molecule has 214 valence electrons. The number of hydrogen-bond donors (Lipinski definition) is 2. The number of pyridine rings is 1. The molecule has 0 saturated heterocycles. The van der Waals surface area contributed by atoms with Crippen molar-refractivity contribution in [2.75, 3.05) is 5.32 Å². The summed E-state index contributed by atoms with van der Waals surface area (Å²) in [6.07, 6.45) is -3.32. The van der Waals surface area contributed by atoms with Gasteiger partial charge in [0.1, 0.15) is 21.2 Å². The number of thiophene rings is 1. The molecule has 15 heteroatoms. The van der Waals surface area contributed by atoms with Gasteiger partial charge in [-0.25, -0.2) is 4.98 Å². The van der Waals surface area contributed by atoms with Crippen LogP contribution < -0.4 is 11.1 Å². The molecule has 5 aromatic heterocycles. The van der Waals surface area contributed by atoms with Crippen LogP contribution in [0.15, 0.2) is 33.3 Å². The summed E-state index contributed by atoms with van der Waals surface area (Å²) in [4.78, 5) is 29.2. The van der Waals surface area contributed by atoms with E-state index in [0.29, 0.717) is 34.9 Å². The minimum absolute atomic E-state index is 0.0530. The Balaban J connectivity index is 1.59. The Hall–Kier alpha value is -3.98. The topological polar surface area (TPSA) is 134 Å². The maximum atomic E-state index is 13.8. The molecule has 0 aliphatic carbocycles. The van der Waals surface area contributed by atoms with Crippen molar-refractivity contribution in [3.8, 4) is 11.1 Å². The van der Waals surface area contributed by atoms with Crippen LogP contribution in [0.5, 0.6) is 0 Å². The predicted octanol–water partition coefficient (Wildman–Crippen LogP) is 6.08. The zero-order valence-corrected chi connectivity index (χ0v) is 24.6. The molecule has 0 unspecified atom stereocenters. The molecule has 3 N–H and O–H groups in total. The van der Waals surface area contributed by atoms with Crippen molar-refractivity contribution in [3.05, 3.63) is 68.0 Å². The van der Waals surface area contributed by atoms with Gasteiger partial charge < -0.3 is 15.5 Å². The summed E-state index contributed by atoms with van der Waals surface area (Å²) in [6, 6.07) is 3.96. The Morgan fingerprint density at radius 2 is 1.88 bits per heavy atom. The van der Waals surface area contributed by atoms with Gasteiger partial charge in [-0.1, -0.05) is 0 Å². The van der Waals surface area contributed by atoms with E-state index in [4.69, 9.17) is 10.2 Å². The number of nitrogens with one attached hydrogen (secondary N) is 1. The van der Waals surface area contributed by atoms with Crippen LogP contribution in [0.2, 0.25) is 0 Å². The van der Waals surface area contributed by atoms with Crippen LogP contribution in [0.25, 0.3) is 21.3 Å². The maximum absolute atomic E-state index is 13.8. The summed E-state index contributed by atoms with van der Waals surface area (Å²) in [6.45, 7) is 8.05. The third-order valence-corrected chi connectivity index (χ3v) is 8.84. The van der Waals surface area contributed by atoms with Crippen molar-refractivity contribution >= 4 is 55.0 Å². The van der Waals surface area contributed by atoms with Gasteiger partial charge in [0, 0.05) is 23.2 Å². The Morgan fingerprint density at radius 1 is 1.15 bits per heavy atom. The number of anilines is 1. The number of aromatic nitrogens is 5. The fraction of sp³-hybridized carbons (Fsp3) is 0.269. The van der Waals surface area contributed by atoms with Gasteiger partial charge in [-0.3, -0.25) is 19.0 Å². The number of hydrogen-bond acceptors (Lipinski definition) is 7. The molecule has 0 aliphatic rings. The van der Waals surface area contributed by atoms with Crippen LogP contribution in [-0.4, -0.2) is 36.4 Å². The molecular weight excluding hydrogens is 627 g/mol. The zero-order chi connectivity index (χ0) is 29.8. The first-order valence-corrected chi connectivity index (χ1v) is 13.9. The lowest BCUT2D eigenvalue weighted by atomic mass is 10.0. The number of furan rings is 1. The van der Waals surface area contributed by atoms with E-state index < -0.39 is 23.7 Å². The van der Waals surface area contributed by atoms with E-state index in [1.54, 1.807) is 22.4 Å². The van der Waals surface area contributed by atoms with Crippen molar-refractivity contribution in [1.82, 2.24) is 24.5 Å². The van der Waals surface area contributed by atoms with Gasteiger partial charge in [0.15, 0.2) is 5.76 Å². The second kappa shape index (κ2) is 10.4. The van der Waals surface area contributed by atoms with Crippen LogP contribution in [0, 0.1) is 20.8 Å². The standard InChI is InChI=1S/C26H23BrF3N7O3S/c1-5-36-12(3)16(9-32-36)15-8-18(26(28,29)30)33-25-19(15)21(22(41-25)23(31)38)34-24(39)17-7-6-14(40-17)10-37-13(4)20(27)11(2)35-37/h6-9H,5,10H2,1-4H3,(H2,31,38)(H,34,39). The normalized spacial score (nSPS) is 11.9. The number of fused-ring (bicyclic) bond motifs is 1. The molecule has 2 amide bonds. The van der Waals surface area contributed by atoms with E-state index in [-0.39, 0.29) is 38.6 Å². The Kier molecular flexibility index (Phi) is 7.27. The van der Waals surface area contributed by atoms with Gasteiger partial charge in [-0.05, 0) is 67.4 Å². The molecular formula is C26H23BrF3N7O3S. The Labute approximate surface area is 243 Å². The molecule has 0 aromatic carbocycles. The van der Waals surface area contributed by atoms with Gasteiger partial charge in [-0.2, -0.15) is 23.4 Å². The molecule has 0 spiro atoms. The Bertz CT molecular complexity index is 1830. The van der Waals surface area contributed by atoms with Gasteiger partial charge in [0.05, 0.1) is 34.3 Å². The van der Waals surface area contributed by atoms with Gasteiger partial charge in [0.25, 0.3) is 11.8 Å². The second-order valence-electron chi connectivity index (χ2n) is 9.23. The summed E-state index contributed by atoms with van der Waals surface area (Å²) >= 11 is 4.14. The molecule has 0 fully saturated rings. The number of halogens is 4. The number of primary amides is 1. The molecule has 5 rings (SSSR count).